The van der Waals surface area contributed by atoms with E-state index in [9.17, 15) is 4.79 Å². The Labute approximate surface area is 109 Å². The van der Waals surface area contributed by atoms with Crippen molar-refractivity contribution in [3.63, 3.8) is 0 Å². The van der Waals surface area contributed by atoms with Gasteiger partial charge in [0.25, 0.3) is 0 Å². The molecule has 0 bridgehead atoms. The number of hydrogen-bond donors (Lipinski definition) is 2. The van der Waals surface area contributed by atoms with Gasteiger partial charge in [0, 0.05) is 16.6 Å². The molecule has 6 heteroatoms. The molecule has 0 saturated carbocycles. The predicted octanol–water partition coefficient (Wildman–Crippen LogP) is 2.19. The minimum atomic E-state index is -0.181. The summed E-state index contributed by atoms with van der Waals surface area (Å²) in [5.41, 5.74) is 7.39. The van der Waals surface area contributed by atoms with Crippen LogP contribution in [0.3, 0.4) is 0 Å². The van der Waals surface area contributed by atoms with E-state index in [4.69, 9.17) is 5.73 Å². The molecule has 0 saturated heterocycles. The normalized spacial score (nSPS) is 11.1. The predicted molar refractivity (Wildman–Crippen MR) is 72.9 cm³/mol. The third kappa shape index (κ3) is 2.43. The van der Waals surface area contributed by atoms with Gasteiger partial charge >= 0.3 is 5.69 Å². The van der Waals surface area contributed by atoms with E-state index >= 15 is 0 Å². The second kappa shape index (κ2) is 4.89. The fourth-order valence-electron chi connectivity index (χ4n) is 1.63. The average molecular weight is 264 g/mol. The molecule has 0 aliphatic heterocycles. The number of rotatable bonds is 3. The van der Waals surface area contributed by atoms with Crippen molar-refractivity contribution in [3.05, 3.63) is 34.2 Å². The summed E-state index contributed by atoms with van der Waals surface area (Å²) >= 11 is 1.45. The molecular formula is C12H16N4OS. The monoisotopic (exact) mass is 264 g/mol. The van der Waals surface area contributed by atoms with Crippen molar-refractivity contribution >= 4 is 17.4 Å². The van der Waals surface area contributed by atoms with Gasteiger partial charge in [0.1, 0.15) is 0 Å². The van der Waals surface area contributed by atoms with E-state index in [2.05, 4.69) is 10.2 Å². The van der Waals surface area contributed by atoms with Gasteiger partial charge in [-0.1, -0.05) is 0 Å². The highest BCUT2D eigenvalue weighted by Gasteiger charge is 2.12. The van der Waals surface area contributed by atoms with Crippen LogP contribution in [0.25, 0.3) is 0 Å². The second-order valence-corrected chi connectivity index (χ2v) is 5.44. The molecule has 0 aliphatic carbocycles. The van der Waals surface area contributed by atoms with E-state index in [0.29, 0.717) is 5.16 Å². The van der Waals surface area contributed by atoms with E-state index in [1.54, 1.807) is 4.57 Å². The minimum absolute atomic E-state index is 0.0774. The van der Waals surface area contributed by atoms with Crippen LogP contribution >= 0.6 is 11.8 Å². The summed E-state index contributed by atoms with van der Waals surface area (Å²) in [6, 6.07) is 5.86. The molecule has 0 amide bonds. The first-order chi connectivity index (χ1) is 8.49. The number of nitrogens with zero attached hydrogens (tertiary/aromatic N) is 2. The van der Waals surface area contributed by atoms with Crippen LogP contribution in [0.15, 0.2) is 33.0 Å². The van der Waals surface area contributed by atoms with Gasteiger partial charge in [0.15, 0.2) is 5.16 Å². The number of aromatic nitrogens is 3. The van der Waals surface area contributed by atoms with Crippen LogP contribution in [0, 0.1) is 6.92 Å². The zero-order valence-electron chi connectivity index (χ0n) is 10.6. The van der Waals surface area contributed by atoms with Gasteiger partial charge in [-0.3, -0.25) is 4.57 Å². The number of H-pyrrole nitrogens is 1. The molecule has 96 valence electrons. The molecule has 2 aromatic rings. The molecule has 1 heterocycles. The maximum atomic E-state index is 11.6. The van der Waals surface area contributed by atoms with Crippen molar-refractivity contribution in [2.24, 2.45) is 0 Å². The van der Waals surface area contributed by atoms with Crippen molar-refractivity contribution in [1.82, 2.24) is 14.8 Å². The van der Waals surface area contributed by atoms with Crippen LogP contribution in [0.1, 0.15) is 25.5 Å². The first-order valence-corrected chi connectivity index (χ1v) is 6.51. The molecule has 0 atom stereocenters. The number of hydrogen-bond acceptors (Lipinski definition) is 4. The third-order valence-corrected chi connectivity index (χ3v) is 3.60. The number of aryl methyl sites for hydroxylation is 1. The van der Waals surface area contributed by atoms with Crippen LogP contribution in [0.5, 0.6) is 0 Å². The summed E-state index contributed by atoms with van der Waals surface area (Å²) in [6.45, 7) is 5.86. The smallest absolute Gasteiger partial charge is 0.344 e. The van der Waals surface area contributed by atoms with Crippen molar-refractivity contribution in [2.45, 2.75) is 36.9 Å². The number of nitrogens with one attached hydrogen (secondary N) is 1. The molecule has 3 N–H and O–H groups in total. The molecule has 0 spiro atoms. The maximum absolute atomic E-state index is 11.6. The Bertz CT molecular complexity index is 615. The lowest BCUT2D eigenvalue weighted by atomic mass is 10.2. The standard InChI is InChI=1S/C12H16N4OS/c1-7(2)16-11(17)14-15-12(16)18-9-4-5-10(13)8(3)6-9/h4-7H,13H2,1-3H3,(H,14,17). The summed E-state index contributed by atoms with van der Waals surface area (Å²) in [5, 5.41) is 7.18. The van der Waals surface area contributed by atoms with Crippen LogP contribution in [-0.4, -0.2) is 14.8 Å². The highest BCUT2D eigenvalue weighted by Crippen LogP contribution is 2.28. The number of nitrogens with two attached hydrogens (primary N) is 1. The molecule has 0 unspecified atom stereocenters. The molecular weight excluding hydrogens is 248 g/mol. The van der Waals surface area contributed by atoms with Gasteiger partial charge in [-0.25, -0.2) is 9.89 Å². The zero-order valence-corrected chi connectivity index (χ0v) is 11.4. The molecule has 0 aliphatic rings. The Hall–Kier alpha value is -1.69. The Kier molecular flexibility index (Phi) is 3.47. The van der Waals surface area contributed by atoms with Crippen LogP contribution < -0.4 is 11.4 Å². The van der Waals surface area contributed by atoms with Crippen LogP contribution in [0.2, 0.25) is 0 Å². The third-order valence-electron chi connectivity index (χ3n) is 2.64. The molecule has 18 heavy (non-hydrogen) atoms. The Balaban J connectivity index is 2.34. The van der Waals surface area contributed by atoms with Crippen LogP contribution in [-0.2, 0) is 0 Å². The molecule has 0 radical (unpaired) electrons. The first kappa shape index (κ1) is 12.8. The number of aromatic amines is 1. The van der Waals surface area contributed by atoms with Crippen LogP contribution in [0.4, 0.5) is 5.69 Å². The van der Waals surface area contributed by atoms with E-state index in [0.717, 1.165) is 16.1 Å². The fraction of sp³-hybridized carbons (Fsp3) is 0.333. The molecule has 1 aromatic carbocycles. The average Bonchev–Trinajstić information content (AvgIpc) is 2.65. The molecule has 2 rings (SSSR count). The van der Waals surface area contributed by atoms with Gasteiger partial charge in [0.2, 0.25) is 0 Å². The largest absolute Gasteiger partial charge is 0.399 e. The van der Waals surface area contributed by atoms with Gasteiger partial charge in [-0.05, 0) is 56.3 Å². The Morgan fingerprint density at radius 1 is 1.44 bits per heavy atom. The van der Waals surface area contributed by atoms with Crippen molar-refractivity contribution in [1.29, 1.82) is 0 Å². The van der Waals surface area contributed by atoms with E-state index in [1.165, 1.54) is 11.8 Å². The first-order valence-electron chi connectivity index (χ1n) is 5.70. The Morgan fingerprint density at radius 2 is 2.17 bits per heavy atom. The zero-order chi connectivity index (χ0) is 13.3. The fourth-order valence-corrected chi connectivity index (χ4v) is 2.70. The summed E-state index contributed by atoms with van der Waals surface area (Å²) in [4.78, 5) is 12.6. The van der Waals surface area contributed by atoms with Gasteiger partial charge in [-0.15, -0.1) is 5.10 Å². The van der Waals surface area contributed by atoms with Gasteiger partial charge in [0.05, 0.1) is 0 Å². The second-order valence-electron chi connectivity index (χ2n) is 4.40. The minimum Gasteiger partial charge on any atom is -0.399 e. The molecule has 5 nitrogen and oxygen atoms in total. The summed E-state index contributed by atoms with van der Waals surface area (Å²) in [7, 11) is 0. The number of anilines is 1. The summed E-state index contributed by atoms with van der Waals surface area (Å²) in [6.07, 6.45) is 0. The maximum Gasteiger partial charge on any atom is 0.344 e. The number of nitrogen functional groups attached to an aromatic ring is 1. The van der Waals surface area contributed by atoms with E-state index in [-0.39, 0.29) is 11.7 Å². The highest BCUT2D eigenvalue weighted by molar-refractivity contribution is 7.99. The number of benzene rings is 1. The molecule has 0 fully saturated rings. The van der Waals surface area contributed by atoms with Gasteiger partial charge < -0.3 is 5.73 Å². The quantitative estimate of drug-likeness (QED) is 0.833. The lowest BCUT2D eigenvalue weighted by molar-refractivity contribution is 0.534. The van der Waals surface area contributed by atoms with Crippen molar-refractivity contribution in [2.75, 3.05) is 5.73 Å². The van der Waals surface area contributed by atoms with E-state index < -0.39 is 0 Å². The lowest BCUT2D eigenvalue weighted by Crippen LogP contribution is -2.19. The Morgan fingerprint density at radius 3 is 2.78 bits per heavy atom. The SMILES string of the molecule is Cc1cc(Sc2n[nH]c(=O)n2C(C)C)ccc1N. The van der Waals surface area contributed by atoms with Crippen molar-refractivity contribution in [3.8, 4) is 0 Å². The molecule has 1 aromatic heterocycles. The van der Waals surface area contributed by atoms with E-state index in [1.807, 2.05) is 39.0 Å². The summed E-state index contributed by atoms with van der Waals surface area (Å²) < 4.78 is 1.64. The summed E-state index contributed by atoms with van der Waals surface area (Å²) in [5.74, 6) is 0. The van der Waals surface area contributed by atoms with Gasteiger partial charge in [-0.2, -0.15) is 0 Å². The topological polar surface area (TPSA) is 76.7 Å². The van der Waals surface area contributed by atoms with Crippen molar-refractivity contribution < 1.29 is 0 Å². The lowest BCUT2D eigenvalue weighted by Gasteiger charge is -2.09. The highest BCUT2D eigenvalue weighted by atomic mass is 32.2.